The molecule has 1 aliphatic rings. The fraction of sp³-hybridized carbons (Fsp3) is 0.500. The molecule has 0 aromatic carbocycles. The van der Waals surface area contributed by atoms with Gasteiger partial charge in [-0.25, -0.2) is 4.99 Å². The summed E-state index contributed by atoms with van der Waals surface area (Å²) in [4.78, 5) is 3.65. The van der Waals surface area contributed by atoms with Crippen LogP contribution in [0.5, 0.6) is 0 Å². The Kier molecular flexibility index (Phi) is 2.47. The van der Waals surface area contributed by atoms with Gasteiger partial charge >= 0.3 is 0 Å². The molecule has 56 valence electrons. The predicted octanol–water partition coefficient (Wildman–Crippen LogP) is -0.902. The van der Waals surface area contributed by atoms with E-state index in [0.717, 1.165) is 0 Å². The number of thioether (sulfide) groups is 1. The van der Waals surface area contributed by atoms with E-state index in [1.54, 1.807) is 6.21 Å². The number of rotatable bonds is 1. The van der Waals surface area contributed by atoms with E-state index in [0.29, 0.717) is 6.54 Å². The number of nitrogens with two attached hydrogens (primary N) is 1. The average Bonchev–Trinajstić information content (AvgIpc) is 2.34. The molecule has 0 spiro atoms. The maximum Gasteiger partial charge on any atom is 0.247 e. The van der Waals surface area contributed by atoms with Crippen molar-refractivity contribution in [1.82, 2.24) is 0 Å². The Morgan fingerprint density at radius 3 is 2.80 bits per heavy atom. The van der Waals surface area contributed by atoms with Crippen molar-refractivity contribution < 1.29 is 8.42 Å². The van der Waals surface area contributed by atoms with Crippen LogP contribution >= 0.6 is 11.8 Å². The minimum Gasteiger partial charge on any atom is -0.329 e. The first-order valence-electron chi connectivity index (χ1n) is 2.61. The Morgan fingerprint density at radius 1 is 1.80 bits per heavy atom. The highest BCUT2D eigenvalue weighted by atomic mass is 32.2. The second-order valence-electron chi connectivity index (χ2n) is 1.67. The third kappa shape index (κ3) is 1.59. The summed E-state index contributed by atoms with van der Waals surface area (Å²) in [6, 6.07) is 0. The third-order valence-electron chi connectivity index (χ3n) is 0.973. The van der Waals surface area contributed by atoms with Crippen LogP contribution < -0.4 is 5.73 Å². The van der Waals surface area contributed by atoms with E-state index in [1.807, 2.05) is 0 Å². The largest absolute Gasteiger partial charge is 0.329 e. The number of hydrogen-bond donors (Lipinski definition) is 1. The first-order chi connectivity index (χ1) is 4.74. The summed E-state index contributed by atoms with van der Waals surface area (Å²) in [5.74, 6) is 0. The van der Waals surface area contributed by atoms with Crippen molar-refractivity contribution in [2.75, 3.05) is 6.54 Å². The molecule has 10 heavy (non-hydrogen) atoms. The maximum absolute atomic E-state index is 10.3. The summed E-state index contributed by atoms with van der Waals surface area (Å²) in [7, 11) is -2.19. The topological polar surface area (TPSA) is 72.5 Å². The van der Waals surface area contributed by atoms with Gasteiger partial charge in [-0.2, -0.15) is 8.42 Å². The molecular weight excluding hydrogens is 172 g/mol. The molecule has 1 aliphatic heterocycles. The minimum absolute atomic E-state index is 0.0351. The fourth-order valence-electron chi connectivity index (χ4n) is 0.526. The van der Waals surface area contributed by atoms with E-state index in [2.05, 4.69) is 4.99 Å². The molecule has 0 saturated carbocycles. The van der Waals surface area contributed by atoms with E-state index in [1.165, 1.54) is 11.8 Å². The molecule has 0 aromatic rings. The van der Waals surface area contributed by atoms with Crippen LogP contribution in [0.1, 0.15) is 0 Å². The summed E-state index contributed by atoms with van der Waals surface area (Å²) in [5.41, 5.74) is 5.27. The lowest BCUT2D eigenvalue weighted by Gasteiger charge is -1.95. The Labute approximate surface area is 64.0 Å². The van der Waals surface area contributed by atoms with Crippen molar-refractivity contribution in [2.45, 2.75) is 5.25 Å². The van der Waals surface area contributed by atoms with Crippen molar-refractivity contribution in [3.63, 3.8) is 0 Å². The van der Waals surface area contributed by atoms with Gasteiger partial charge in [-0.05, 0) is 0 Å². The minimum atomic E-state index is -2.19. The lowest BCUT2D eigenvalue weighted by atomic mass is 10.5. The van der Waals surface area contributed by atoms with Crippen LogP contribution in [0.3, 0.4) is 0 Å². The van der Waals surface area contributed by atoms with Gasteiger partial charge in [0.2, 0.25) is 14.6 Å². The van der Waals surface area contributed by atoms with Gasteiger partial charge in [0.15, 0.2) is 0 Å². The standard InChI is InChI=1S/C4H6N2O2S2/c5-1-3-2-6-4(9-3)10(7)8/h2-3H,1,5H2. The summed E-state index contributed by atoms with van der Waals surface area (Å²) >= 11 is 1.18. The highest BCUT2D eigenvalue weighted by Gasteiger charge is 2.15. The van der Waals surface area contributed by atoms with Crippen LogP contribution in [-0.4, -0.2) is 30.7 Å². The van der Waals surface area contributed by atoms with Crippen molar-refractivity contribution in [3.05, 3.63) is 0 Å². The van der Waals surface area contributed by atoms with Crippen molar-refractivity contribution in [1.29, 1.82) is 0 Å². The molecule has 0 amide bonds. The van der Waals surface area contributed by atoms with Crippen LogP contribution in [0.4, 0.5) is 0 Å². The average molecular weight is 178 g/mol. The van der Waals surface area contributed by atoms with E-state index >= 15 is 0 Å². The molecule has 0 radical (unpaired) electrons. The highest BCUT2D eigenvalue weighted by Crippen LogP contribution is 2.16. The normalized spacial score (nSPS) is 23.7. The predicted molar refractivity (Wildman–Crippen MR) is 42.9 cm³/mol. The third-order valence-corrected chi connectivity index (χ3v) is 2.98. The summed E-state index contributed by atoms with van der Waals surface area (Å²) in [5, 5.41) is 0.0351. The lowest BCUT2D eigenvalue weighted by Crippen LogP contribution is -2.15. The van der Waals surface area contributed by atoms with E-state index < -0.39 is 10.3 Å². The maximum atomic E-state index is 10.3. The second kappa shape index (κ2) is 3.18. The van der Waals surface area contributed by atoms with Gasteiger partial charge in [0.05, 0.1) is 5.25 Å². The molecule has 2 N–H and O–H groups in total. The quantitative estimate of drug-likeness (QED) is 0.528. The molecule has 6 heteroatoms. The van der Waals surface area contributed by atoms with Crippen LogP contribution in [-0.2, 0) is 10.3 Å². The Hall–Kier alpha value is -0.330. The molecule has 0 aromatic heterocycles. The zero-order valence-corrected chi connectivity index (χ0v) is 6.65. The molecule has 0 saturated heterocycles. The van der Waals surface area contributed by atoms with E-state index in [-0.39, 0.29) is 9.57 Å². The number of nitrogens with zero attached hydrogens (tertiary/aromatic N) is 1. The molecule has 1 atom stereocenters. The second-order valence-corrected chi connectivity index (χ2v) is 4.01. The van der Waals surface area contributed by atoms with Gasteiger partial charge in [0, 0.05) is 12.8 Å². The first-order valence-corrected chi connectivity index (χ1v) is 4.56. The first kappa shape index (κ1) is 7.77. The van der Waals surface area contributed by atoms with Crippen molar-refractivity contribution in [3.8, 4) is 0 Å². The van der Waals surface area contributed by atoms with Gasteiger partial charge in [0.1, 0.15) is 0 Å². The van der Waals surface area contributed by atoms with Gasteiger partial charge in [-0.3, -0.25) is 0 Å². The molecule has 0 aliphatic carbocycles. The molecule has 4 nitrogen and oxygen atoms in total. The van der Waals surface area contributed by atoms with Crippen molar-refractivity contribution >= 4 is 32.6 Å². The van der Waals surface area contributed by atoms with Crippen molar-refractivity contribution in [2.24, 2.45) is 10.7 Å². The molecular formula is C4H6N2O2S2. The molecule has 1 heterocycles. The summed E-state index contributed by atoms with van der Waals surface area (Å²) < 4.78 is 20.6. The van der Waals surface area contributed by atoms with Gasteiger partial charge in [-0.1, -0.05) is 11.8 Å². The summed E-state index contributed by atoms with van der Waals surface area (Å²) in [6.07, 6.45) is 1.55. The summed E-state index contributed by atoms with van der Waals surface area (Å²) in [6.45, 7) is 0.425. The molecule has 0 bridgehead atoms. The van der Waals surface area contributed by atoms with Crippen LogP contribution in [0.25, 0.3) is 0 Å². The van der Waals surface area contributed by atoms with Gasteiger partial charge in [0.25, 0.3) is 0 Å². The number of aliphatic imine (C=N–C) groups is 1. The van der Waals surface area contributed by atoms with Crippen LogP contribution in [0, 0.1) is 0 Å². The molecule has 0 fully saturated rings. The fourth-order valence-corrected chi connectivity index (χ4v) is 1.96. The molecule has 1 unspecified atom stereocenters. The SMILES string of the molecule is NCC1C=NC(=S(=O)=O)S1. The monoisotopic (exact) mass is 178 g/mol. The van der Waals surface area contributed by atoms with Crippen LogP contribution in [0.2, 0.25) is 0 Å². The van der Waals surface area contributed by atoms with Gasteiger partial charge < -0.3 is 5.73 Å². The van der Waals surface area contributed by atoms with E-state index in [4.69, 9.17) is 5.73 Å². The Bertz CT molecular complexity index is 272. The smallest absolute Gasteiger partial charge is 0.247 e. The highest BCUT2D eigenvalue weighted by molar-refractivity contribution is 8.23. The van der Waals surface area contributed by atoms with Gasteiger partial charge in [-0.15, -0.1) is 0 Å². The number of hydrogen-bond acceptors (Lipinski definition) is 4. The lowest BCUT2D eigenvalue weighted by molar-refractivity contribution is 0.627. The van der Waals surface area contributed by atoms with Crippen LogP contribution in [0.15, 0.2) is 4.99 Å². The molecule has 1 rings (SSSR count). The zero-order chi connectivity index (χ0) is 7.56. The Balaban J connectivity index is 2.81. The van der Waals surface area contributed by atoms with E-state index in [9.17, 15) is 8.42 Å². The zero-order valence-electron chi connectivity index (χ0n) is 5.02. The Morgan fingerprint density at radius 2 is 2.50 bits per heavy atom.